The van der Waals surface area contributed by atoms with Crippen LogP contribution in [0.5, 0.6) is 0 Å². The van der Waals surface area contributed by atoms with Crippen molar-refractivity contribution < 1.29 is 14.3 Å². The van der Waals surface area contributed by atoms with E-state index >= 15 is 0 Å². The van der Waals surface area contributed by atoms with Gasteiger partial charge in [-0.05, 0) is 0 Å². The first kappa shape index (κ1) is 11.9. The summed E-state index contributed by atoms with van der Waals surface area (Å²) in [5, 5.41) is 0. The maximum atomic E-state index is 10.8. The fourth-order valence-corrected chi connectivity index (χ4v) is 0.843. The molecule has 0 aromatic heterocycles. The van der Waals surface area contributed by atoms with Gasteiger partial charge in [0, 0.05) is 0 Å². The minimum atomic E-state index is -0.409. The van der Waals surface area contributed by atoms with Crippen molar-refractivity contribution in [3.05, 3.63) is 0 Å². The van der Waals surface area contributed by atoms with E-state index in [1.54, 1.807) is 22.3 Å². The summed E-state index contributed by atoms with van der Waals surface area (Å²) in [6, 6.07) is 0. The minimum absolute atomic E-state index is 0.0967. The molecule has 3 nitrogen and oxygen atoms in total. The third-order valence-corrected chi connectivity index (χ3v) is 3.01. The van der Waals surface area contributed by atoms with Gasteiger partial charge in [0.2, 0.25) is 0 Å². The Hall–Kier alpha value is -0.0704. The Morgan fingerprint density at radius 1 is 1.50 bits per heavy atom. The van der Waals surface area contributed by atoms with E-state index in [1.165, 1.54) is 6.92 Å². The maximum absolute atomic E-state index is 10.8. The molecule has 0 saturated carbocycles. The van der Waals surface area contributed by atoms with Gasteiger partial charge in [-0.1, -0.05) is 0 Å². The summed E-state index contributed by atoms with van der Waals surface area (Å²) in [6.07, 6.45) is -0.0967. The molecule has 0 aromatic rings. The second-order valence-electron chi connectivity index (χ2n) is 2.85. The SMILES string of the molecule is CC(=O)CC(=O)OCC(C)C[TeH]. The number of rotatable bonds is 5. The van der Waals surface area contributed by atoms with Crippen LogP contribution >= 0.6 is 0 Å². The van der Waals surface area contributed by atoms with E-state index in [-0.39, 0.29) is 12.2 Å². The Morgan fingerprint density at radius 2 is 2.08 bits per heavy atom. The van der Waals surface area contributed by atoms with Gasteiger partial charge in [0.05, 0.1) is 0 Å². The van der Waals surface area contributed by atoms with E-state index in [1.807, 2.05) is 6.92 Å². The van der Waals surface area contributed by atoms with Crippen molar-refractivity contribution in [2.75, 3.05) is 6.61 Å². The summed E-state index contributed by atoms with van der Waals surface area (Å²) < 4.78 is 5.88. The van der Waals surface area contributed by atoms with E-state index in [0.29, 0.717) is 12.5 Å². The van der Waals surface area contributed by atoms with Crippen molar-refractivity contribution in [1.29, 1.82) is 0 Å². The van der Waals surface area contributed by atoms with Crippen molar-refractivity contribution in [3.63, 3.8) is 0 Å². The normalized spacial score (nSPS) is 12.2. The molecule has 0 bridgehead atoms. The molecule has 0 aliphatic carbocycles. The Kier molecular flexibility index (Phi) is 6.41. The van der Waals surface area contributed by atoms with Crippen LogP contribution in [0.1, 0.15) is 20.3 Å². The fraction of sp³-hybridized carbons (Fsp3) is 0.750. The molecule has 0 radical (unpaired) electrons. The molecule has 12 heavy (non-hydrogen) atoms. The predicted molar refractivity (Wildman–Crippen MR) is 47.4 cm³/mol. The molecule has 0 aliphatic heterocycles. The molecule has 0 aliphatic rings. The number of Topliss-reactive ketones (excluding diaryl/α,β-unsaturated/α-hetero) is 1. The Bertz CT molecular complexity index is 168. The number of esters is 1. The van der Waals surface area contributed by atoms with Crippen molar-refractivity contribution in [2.24, 2.45) is 5.92 Å². The fourth-order valence-electron chi connectivity index (χ4n) is 0.542. The van der Waals surface area contributed by atoms with Crippen LogP contribution in [0, 0.1) is 5.92 Å². The second kappa shape index (κ2) is 6.45. The Balaban J connectivity index is 3.50. The molecule has 1 atom stereocenters. The zero-order valence-corrected chi connectivity index (χ0v) is 9.92. The average Bonchev–Trinajstić information content (AvgIpc) is 1.99. The summed E-state index contributed by atoms with van der Waals surface area (Å²) in [4.78, 5) is 21.3. The van der Waals surface area contributed by atoms with Crippen molar-refractivity contribution in [1.82, 2.24) is 0 Å². The Labute approximate surface area is 85.8 Å². The summed E-state index contributed by atoms with van der Waals surface area (Å²) in [7, 11) is 0. The molecule has 0 saturated heterocycles. The van der Waals surface area contributed by atoms with E-state index in [0.717, 1.165) is 4.47 Å². The zero-order valence-electron chi connectivity index (χ0n) is 7.37. The van der Waals surface area contributed by atoms with Gasteiger partial charge in [-0.15, -0.1) is 0 Å². The number of ether oxygens (including phenoxy) is 1. The molecule has 70 valence electrons. The second-order valence-corrected chi connectivity index (χ2v) is 3.89. The molecule has 0 spiro atoms. The first-order chi connectivity index (χ1) is 5.56. The average molecular weight is 286 g/mol. The van der Waals surface area contributed by atoms with Crippen LogP contribution in [-0.2, 0) is 14.3 Å². The van der Waals surface area contributed by atoms with E-state index in [9.17, 15) is 9.59 Å². The summed E-state index contributed by atoms with van der Waals surface area (Å²) in [6.45, 7) is 3.83. The molecular formula is C8H14O3Te. The van der Waals surface area contributed by atoms with Crippen molar-refractivity contribution in [3.8, 4) is 0 Å². The summed E-state index contributed by atoms with van der Waals surface area (Å²) in [5.41, 5.74) is 0. The van der Waals surface area contributed by atoms with Gasteiger partial charge >= 0.3 is 85.6 Å². The van der Waals surface area contributed by atoms with Crippen LogP contribution in [-0.4, -0.2) is 40.7 Å². The monoisotopic (exact) mass is 288 g/mol. The van der Waals surface area contributed by atoms with E-state index < -0.39 is 5.97 Å². The van der Waals surface area contributed by atoms with Crippen LogP contribution in [0.4, 0.5) is 0 Å². The number of carbonyl (C=O) groups excluding carboxylic acids is 2. The van der Waals surface area contributed by atoms with Gasteiger partial charge in [0.15, 0.2) is 0 Å². The molecule has 0 N–H and O–H groups in total. The number of carbonyl (C=O) groups is 2. The quantitative estimate of drug-likeness (QED) is 0.419. The number of ketones is 1. The summed E-state index contributed by atoms with van der Waals surface area (Å²) >= 11 is 1.70. The molecule has 0 fully saturated rings. The van der Waals surface area contributed by atoms with Crippen molar-refractivity contribution >= 4 is 34.0 Å². The topological polar surface area (TPSA) is 43.4 Å². The van der Waals surface area contributed by atoms with Gasteiger partial charge < -0.3 is 0 Å². The Morgan fingerprint density at radius 3 is 2.50 bits per heavy atom. The molecule has 1 unspecified atom stereocenters. The van der Waals surface area contributed by atoms with Gasteiger partial charge in [-0.25, -0.2) is 0 Å². The molecule has 4 heteroatoms. The van der Waals surface area contributed by atoms with E-state index in [2.05, 4.69) is 0 Å². The van der Waals surface area contributed by atoms with Crippen LogP contribution in [0.15, 0.2) is 0 Å². The van der Waals surface area contributed by atoms with Gasteiger partial charge in [-0.2, -0.15) is 0 Å². The van der Waals surface area contributed by atoms with Crippen LogP contribution in [0.2, 0.25) is 4.47 Å². The van der Waals surface area contributed by atoms with Crippen molar-refractivity contribution in [2.45, 2.75) is 24.7 Å². The van der Waals surface area contributed by atoms with Gasteiger partial charge in [0.1, 0.15) is 0 Å². The predicted octanol–water partition coefficient (Wildman–Crippen LogP) is 0.464. The first-order valence-electron chi connectivity index (χ1n) is 3.82. The molecule has 0 rings (SSSR count). The van der Waals surface area contributed by atoms with Crippen LogP contribution in [0.3, 0.4) is 0 Å². The van der Waals surface area contributed by atoms with Crippen LogP contribution < -0.4 is 0 Å². The van der Waals surface area contributed by atoms with Gasteiger partial charge in [0.25, 0.3) is 0 Å². The third kappa shape index (κ3) is 6.63. The van der Waals surface area contributed by atoms with E-state index in [4.69, 9.17) is 4.74 Å². The molecule has 0 heterocycles. The first-order valence-corrected chi connectivity index (χ1v) is 5.62. The molecular weight excluding hydrogens is 272 g/mol. The molecule has 0 amide bonds. The third-order valence-electron chi connectivity index (χ3n) is 1.23. The standard InChI is InChI=1S/C8H14O3Te/c1-6(5-12)4-11-8(10)3-7(2)9/h6,12H,3-5H2,1-2H3. The number of hydrogen-bond acceptors (Lipinski definition) is 3. The number of hydrogen-bond donors (Lipinski definition) is 0. The van der Waals surface area contributed by atoms with Gasteiger partial charge in [-0.3, -0.25) is 0 Å². The summed E-state index contributed by atoms with van der Waals surface area (Å²) in [5.74, 6) is -0.156. The van der Waals surface area contributed by atoms with Crippen LogP contribution in [0.25, 0.3) is 0 Å². The molecule has 0 aromatic carbocycles. The zero-order chi connectivity index (χ0) is 9.56.